The summed E-state index contributed by atoms with van der Waals surface area (Å²) in [6.07, 6.45) is -0.371. The van der Waals surface area contributed by atoms with E-state index in [0.717, 1.165) is 12.1 Å². The first-order valence-electron chi connectivity index (χ1n) is 7.23. The standard InChI is InChI=1S/C16H16BF3O5/c1-23-13-4-3-11(18)16(20)10(13)8-25-15-5-9(7-17(21)22)12(19)6-14(15)24-2/h3-6,21-22H,7-8H2,1-2H3. The molecule has 0 spiro atoms. The maximum atomic E-state index is 14.0. The van der Waals surface area contributed by atoms with Gasteiger partial charge in [0.15, 0.2) is 23.1 Å². The molecule has 0 aliphatic heterocycles. The smallest absolute Gasteiger partial charge is 0.456 e. The molecule has 9 heteroatoms. The summed E-state index contributed by atoms with van der Waals surface area (Å²) >= 11 is 0. The maximum absolute atomic E-state index is 14.0. The number of hydrogen-bond acceptors (Lipinski definition) is 5. The molecule has 0 heterocycles. The van der Waals surface area contributed by atoms with Gasteiger partial charge in [0.1, 0.15) is 18.2 Å². The normalized spacial score (nSPS) is 10.5. The minimum absolute atomic E-state index is 0.0180. The molecule has 5 nitrogen and oxygen atoms in total. The van der Waals surface area contributed by atoms with E-state index in [1.54, 1.807) is 0 Å². The molecular weight excluding hydrogens is 340 g/mol. The first-order chi connectivity index (χ1) is 11.9. The van der Waals surface area contributed by atoms with Crippen molar-refractivity contribution < 1.29 is 37.4 Å². The third-order valence-electron chi connectivity index (χ3n) is 3.48. The van der Waals surface area contributed by atoms with E-state index in [2.05, 4.69) is 0 Å². The van der Waals surface area contributed by atoms with Crippen LogP contribution in [0.25, 0.3) is 0 Å². The number of hydrogen-bond donors (Lipinski definition) is 2. The van der Waals surface area contributed by atoms with Gasteiger partial charge in [0.05, 0.1) is 19.8 Å². The predicted octanol–water partition coefficient (Wildman–Crippen LogP) is 2.25. The van der Waals surface area contributed by atoms with Crippen molar-refractivity contribution >= 4 is 7.12 Å². The van der Waals surface area contributed by atoms with E-state index in [4.69, 9.17) is 24.3 Å². The van der Waals surface area contributed by atoms with E-state index in [0.29, 0.717) is 0 Å². The van der Waals surface area contributed by atoms with Crippen molar-refractivity contribution in [2.24, 2.45) is 0 Å². The van der Waals surface area contributed by atoms with Crippen LogP contribution in [0.4, 0.5) is 13.2 Å². The lowest BCUT2D eigenvalue weighted by molar-refractivity contribution is 0.269. The lowest BCUT2D eigenvalue weighted by Gasteiger charge is -2.15. The van der Waals surface area contributed by atoms with Crippen LogP contribution in [0, 0.1) is 17.5 Å². The van der Waals surface area contributed by atoms with E-state index in [1.807, 2.05) is 0 Å². The molecule has 0 aromatic heterocycles. The van der Waals surface area contributed by atoms with Crippen LogP contribution in [0.5, 0.6) is 17.2 Å². The van der Waals surface area contributed by atoms with Crippen molar-refractivity contribution in [2.45, 2.75) is 12.9 Å². The minimum Gasteiger partial charge on any atom is -0.496 e. The highest BCUT2D eigenvalue weighted by atomic mass is 19.2. The van der Waals surface area contributed by atoms with Gasteiger partial charge >= 0.3 is 7.12 Å². The van der Waals surface area contributed by atoms with Gasteiger partial charge in [-0.05, 0) is 23.8 Å². The Balaban J connectivity index is 2.33. The second kappa shape index (κ2) is 8.13. The molecule has 2 N–H and O–H groups in total. The molecular formula is C16H16BF3O5. The van der Waals surface area contributed by atoms with E-state index in [-0.39, 0.29) is 34.7 Å². The predicted molar refractivity (Wildman–Crippen MR) is 84.1 cm³/mol. The number of benzene rings is 2. The zero-order valence-corrected chi connectivity index (χ0v) is 13.6. The molecule has 25 heavy (non-hydrogen) atoms. The molecule has 2 aromatic rings. The number of ether oxygens (including phenoxy) is 3. The molecule has 0 saturated carbocycles. The third kappa shape index (κ3) is 4.37. The Kier molecular flexibility index (Phi) is 6.16. The highest BCUT2D eigenvalue weighted by Crippen LogP contribution is 2.33. The molecule has 134 valence electrons. The minimum atomic E-state index is -1.75. The second-order valence-electron chi connectivity index (χ2n) is 5.11. The summed E-state index contributed by atoms with van der Waals surface area (Å²) < 4.78 is 56.7. The summed E-state index contributed by atoms with van der Waals surface area (Å²) in [5.74, 6) is -2.76. The quantitative estimate of drug-likeness (QED) is 0.745. The van der Waals surface area contributed by atoms with Gasteiger partial charge in [-0.3, -0.25) is 0 Å². The summed E-state index contributed by atoms with van der Waals surface area (Å²) in [7, 11) is 0.831. The Bertz CT molecular complexity index is 755. The van der Waals surface area contributed by atoms with Crippen LogP contribution in [0.15, 0.2) is 24.3 Å². The fourth-order valence-electron chi connectivity index (χ4n) is 2.25. The average molecular weight is 356 g/mol. The second-order valence-corrected chi connectivity index (χ2v) is 5.11. The van der Waals surface area contributed by atoms with Gasteiger partial charge in [-0.1, -0.05) is 0 Å². The van der Waals surface area contributed by atoms with Crippen LogP contribution >= 0.6 is 0 Å². The van der Waals surface area contributed by atoms with Crippen LogP contribution in [0.1, 0.15) is 11.1 Å². The molecule has 0 aliphatic carbocycles. The highest BCUT2D eigenvalue weighted by Gasteiger charge is 2.19. The zero-order valence-electron chi connectivity index (χ0n) is 13.6. The van der Waals surface area contributed by atoms with E-state index >= 15 is 0 Å². The molecule has 0 atom stereocenters. The van der Waals surface area contributed by atoms with Crippen LogP contribution in [0.2, 0.25) is 0 Å². The van der Waals surface area contributed by atoms with Gasteiger partial charge in [0.25, 0.3) is 0 Å². The maximum Gasteiger partial charge on any atom is 0.456 e. The molecule has 2 aromatic carbocycles. The third-order valence-corrected chi connectivity index (χ3v) is 3.48. The Morgan fingerprint density at radius 3 is 2.20 bits per heavy atom. The summed E-state index contributed by atoms with van der Waals surface area (Å²) in [5.41, 5.74) is -0.185. The van der Waals surface area contributed by atoms with Crippen molar-refractivity contribution in [3.8, 4) is 17.2 Å². The lowest BCUT2D eigenvalue weighted by Crippen LogP contribution is -2.16. The number of methoxy groups -OCH3 is 2. The van der Waals surface area contributed by atoms with Gasteiger partial charge in [-0.15, -0.1) is 0 Å². The Hall–Kier alpha value is -2.39. The van der Waals surface area contributed by atoms with E-state index < -0.39 is 31.2 Å². The highest BCUT2D eigenvalue weighted by molar-refractivity contribution is 6.40. The molecule has 0 amide bonds. The summed E-state index contributed by atoms with van der Waals surface area (Å²) in [6, 6.07) is 4.40. The van der Waals surface area contributed by atoms with E-state index in [9.17, 15) is 13.2 Å². The monoisotopic (exact) mass is 356 g/mol. The lowest BCUT2D eigenvalue weighted by atomic mass is 9.82. The van der Waals surface area contributed by atoms with Crippen LogP contribution in [-0.4, -0.2) is 31.4 Å². The van der Waals surface area contributed by atoms with Crippen molar-refractivity contribution in [3.63, 3.8) is 0 Å². The largest absolute Gasteiger partial charge is 0.496 e. The fourth-order valence-corrected chi connectivity index (χ4v) is 2.25. The number of halogens is 3. The summed E-state index contributed by atoms with van der Waals surface area (Å²) in [4.78, 5) is 0. The molecule has 0 saturated heterocycles. The fraction of sp³-hybridized carbons (Fsp3) is 0.250. The molecule has 0 unspecified atom stereocenters. The Morgan fingerprint density at radius 2 is 1.60 bits per heavy atom. The van der Waals surface area contributed by atoms with Crippen molar-refractivity contribution in [1.29, 1.82) is 0 Å². The van der Waals surface area contributed by atoms with Crippen LogP contribution < -0.4 is 14.2 Å². The van der Waals surface area contributed by atoms with Crippen molar-refractivity contribution in [3.05, 3.63) is 52.8 Å². The SMILES string of the molecule is COc1cc(F)c(CB(O)O)cc1OCc1c(OC)ccc(F)c1F. The summed E-state index contributed by atoms with van der Waals surface area (Å²) in [6.45, 7) is -0.407. The molecule has 2 rings (SSSR count). The van der Waals surface area contributed by atoms with Crippen LogP contribution in [-0.2, 0) is 12.9 Å². The first-order valence-corrected chi connectivity index (χ1v) is 7.23. The topological polar surface area (TPSA) is 68.2 Å². The average Bonchev–Trinajstić information content (AvgIpc) is 2.57. The van der Waals surface area contributed by atoms with Gasteiger partial charge in [-0.25, -0.2) is 13.2 Å². The zero-order chi connectivity index (χ0) is 18.6. The Labute approximate surface area is 142 Å². The Morgan fingerprint density at radius 1 is 0.920 bits per heavy atom. The van der Waals surface area contributed by atoms with E-state index in [1.165, 1.54) is 26.4 Å². The van der Waals surface area contributed by atoms with Crippen molar-refractivity contribution in [1.82, 2.24) is 0 Å². The first kappa shape index (κ1) is 18.9. The summed E-state index contributed by atoms with van der Waals surface area (Å²) in [5, 5.41) is 18.0. The van der Waals surface area contributed by atoms with Crippen LogP contribution in [0.3, 0.4) is 0 Å². The van der Waals surface area contributed by atoms with Crippen molar-refractivity contribution in [2.75, 3.05) is 14.2 Å². The van der Waals surface area contributed by atoms with Gasteiger partial charge in [-0.2, -0.15) is 0 Å². The van der Waals surface area contributed by atoms with Gasteiger partial charge in [0.2, 0.25) is 0 Å². The molecule has 0 aliphatic rings. The molecule has 0 bridgehead atoms. The molecule has 0 radical (unpaired) electrons. The number of rotatable bonds is 7. The van der Waals surface area contributed by atoms with Gasteiger partial charge < -0.3 is 24.3 Å². The van der Waals surface area contributed by atoms with Gasteiger partial charge in [0, 0.05) is 12.4 Å². The molecule has 0 fully saturated rings.